The summed E-state index contributed by atoms with van der Waals surface area (Å²) >= 11 is 1.66. The molecule has 0 aliphatic carbocycles. The molecule has 0 bridgehead atoms. The molecule has 2 aromatic rings. The maximum absolute atomic E-state index is 5.25. The van der Waals surface area contributed by atoms with Crippen LogP contribution in [0.15, 0.2) is 23.4 Å². The highest BCUT2D eigenvalue weighted by atomic mass is 32.2. The molecule has 3 nitrogen and oxygen atoms in total. The SMILES string of the molecule is COc1cc2[nH]cnc2cc1SC. The summed E-state index contributed by atoms with van der Waals surface area (Å²) in [6, 6.07) is 3.99. The number of rotatable bonds is 2. The molecule has 1 aromatic heterocycles. The smallest absolute Gasteiger partial charge is 0.134 e. The van der Waals surface area contributed by atoms with Crippen LogP contribution in [-0.4, -0.2) is 23.3 Å². The van der Waals surface area contributed by atoms with Crippen LogP contribution in [0.5, 0.6) is 5.75 Å². The molecule has 1 heterocycles. The maximum atomic E-state index is 5.25. The Labute approximate surface area is 80.5 Å². The Hall–Kier alpha value is -1.16. The lowest BCUT2D eigenvalue weighted by molar-refractivity contribution is 0.405. The third-order valence-electron chi connectivity index (χ3n) is 1.93. The van der Waals surface area contributed by atoms with Crippen molar-refractivity contribution in [1.82, 2.24) is 9.97 Å². The maximum Gasteiger partial charge on any atom is 0.134 e. The third-order valence-corrected chi connectivity index (χ3v) is 2.68. The molecule has 13 heavy (non-hydrogen) atoms. The molecule has 0 atom stereocenters. The van der Waals surface area contributed by atoms with Gasteiger partial charge in [-0.05, 0) is 12.3 Å². The van der Waals surface area contributed by atoms with E-state index in [1.165, 1.54) is 0 Å². The third kappa shape index (κ3) is 1.37. The highest BCUT2D eigenvalue weighted by Gasteiger charge is 2.05. The van der Waals surface area contributed by atoms with Crippen LogP contribution >= 0.6 is 11.8 Å². The first-order valence-electron chi connectivity index (χ1n) is 3.90. The number of fused-ring (bicyclic) bond motifs is 1. The number of hydrogen-bond donors (Lipinski definition) is 1. The molecule has 0 saturated carbocycles. The van der Waals surface area contributed by atoms with Crippen LogP contribution in [0.1, 0.15) is 0 Å². The molecular formula is C9H10N2OS. The summed E-state index contributed by atoms with van der Waals surface area (Å²) in [6.45, 7) is 0. The van der Waals surface area contributed by atoms with Gasteiger partial charge in [0, 0.05) is 6.07 Å². The molecule has 0 aliphatic heterocycles. The summed E-state index contributed by atoms with van der Waals surface area (Å²) in [4.78, 5) is 8.34. The van der Waals surface area contributed by atoms with Gasteiger partial charge in [-0.2, -0.15) is 0 Å². The Bertz CT molecular complexity index is 386. The van der Waals surface area contributed by atoms with Crippen LogP contribution in [0.25, 0.3) is 11.0 Å². The summed E-state index contributed by atoms with van der Waals surface area (Å²) in [7, 11) is 1.68. The number of aromatic amines is 1. The van der Waals surface area contributed by atoms with Gasteiger partial charge in [0.25, 0.3) is 0 Å². The number of nitrogens with one attached hydrogen (secondary N) is 1. The highest BCUT2D eigenvalue weighted by Crippen LogP contribution is 2.30. The highest BCUT2D eigenvalue weighted by molar-refractivity contribution is 7.98. The zero-order valence-electron chi connectivity index (χ0n) is 7.50. The largest absolute Gasteiger partial charge is 0.496 e. The molecule has 68 valence electrons. The van der Waals surface area contributed by atoms with Crippen LogP contribution in [0.2, 0.25) is 0 Å². The fraction of sp³-hybridized carbons (Fsp3) is 0.222. The molecule has 0 unspecified atom stereocenters. The average Bonchev–Trinajstić information content (AvgIpc) is 2.62. The topological polar surface area (TPSA) is 37.9 Å². The number of ether oxygens (including phenoxy) is 1. The van der Waals surface area contributed by atoms with Gasteiger partial charge < -0.3 is 9.72 Å². The first kappa shape index (κ1) is 8.44. The molecular weight excluding hydrogens is 184 g/mol. The van der Waals surface area contributed by atoms with Crippen molar-refractivity contribution < 1.29 is 4.74 Å². The standard InChI is InChI=1S/C9H10N2OS/c1-12-8-3-6-7(11-5-10-6)4-9(8)13-2/h3-5H,1-2H3,(H,10,11). The summed E-state index contributed by atoms with van der Waals surface area (Å²) in [5, 5.41) is 0. The summed E-state index contributed by atoms with van der Waals surface area (Å²) < 4.78 is 5.25. The predicted molar refractivity (Wildman–Crippen MR) is 54.4 cm³/mol. The minimum atomic E-state index is 0.893. The van der Waals surface area contributed by atoms with Crippen molar-refractivity contribution in [3.63, 3.8) is 0 Å². The monoisotopic (exact) mass is 194 g/mol. The van der Waals surface area contributed by atoms with Gasteiger partial charge in [0.2, 0.25) is 0 Å². The van der Waals surface area contributed by atoms with Gasteiger partial charge in [0.1, 0.15) is 5.75 Å². The van der Waals surface area contributed by atoms with E-state index in [0.717, 1.165) is 21.7 Å². The molecule has 0 saturated heterocycles. The van der Waals surface area contributed by atoms with Crippen molar-refractivity contribution in [1.29, 1.82) is 0 Å². The van der Waals surface area contributed by atoms with E-state index >= 15 is 0 Å². The van der Waals surface area contributed by atoms with Crippen molar-refractivity contribution in [2.45, 2.75) is 4.90 Å². The predicted octanol–water partition coefficient (Wildman–Crippen LogP) is 2.29. The van der Waals surface area contributed by atoms with Gasteiger partial charge in [-0.15, -0.1) is 11.8 Å². The first-order valence-corrected chi connectivity index (χ1v) is 5.12. The minimum Gasteiger partial charge on any atom is -0.496 e. The Kier molecular flexibility index (Phi) is 2.14. The Balaban J connectivity index is 2.67. The zero-order valence-corrected chi connectivity index (χ0v) is 8.31. The lowest BCUT2D eigenvalue weighted by Crippen LogP contribution is -1.85. The Morgan fingerprint density at radius 2 is 2.31 bits per heavy atom. The summed E-state index contributed by atoms with van der Waals surface area (Å²) in [5.74, 6) is 0.893. The van der Waals surface area contributed by atoms with Crippen LogP contribution in [-0.2, 0) is 0 Å². The molecule has 0 fully saturated rings. The molecule has 4 heteroatoms. The molecule has 1 N–H and O–H groups in total. The number of H-pyrrole nitrogens is 1. The number of thioether (sulfide) groups is 1. The number of nitrogens with zero attached hydrogens (tertiary/aromatic N) is 1. The summed E-state index contributed by atoms with van der Waals surface area (Å²) in [5.41, 5.74) is 1.99. The van der Waals surface area contributed by atoms with Crippen LogP contribution < -0.4 is 4.74 Å². The van der Waals surface area contributed by atoms with E-state index in [9.17, 15) is 0 Å². The van der Waals surface area contributed by atoms with Crippen molar-refractivity contribution in [2.24, 2.45) is 0 Å². The fourth-order valence-corrected chi connectivity index (χ4v) is 1.83. The Morgan fingerprint density at radius 1 is 1.46 bits per heavy atom. The van der Waals surface area contributed by atoms with E-state index in [-0.39, 0.29) is 0 Å². The van der Waals surface area contributed by atoms with Crippen molar-refractivity contribution in [3.8, 4) is 5.75 Å². The van der Waals surface area contributed by atoms with Crippen LogP contribution in [0, 0.1) is 0 Å². The lowest BCUT2D eigenvalue weighted by atomic mass is 10.3. The normalized spacial score (nSPS) is 10.6. The van der Waals surface area contributed by atoms with E-state index in [1.807, 2.05) is 18.4 Å². The minimum absolute atomic E-state index is 0.893. The van der Waals surface area contributed by atoms with E-state index < -0.39 is 0 Å². The van der Waals surface area contributed by atoms with Crippen LogP contribution in [0.4, 0.5) is 0 Å². The number of aromatic nitrogens is 2. The number of methoxy groups -OCH3 is 1. The fourth-order valence-electron chi connectivity index (χ4n) is 1.26. The molecule has 0 spiro atoms. The number of hydrogen-bond acceptors (Lipinski definition) is 3. The lowest BCUT2D eigenvalue weighted by Gasteiger charge is -2.04. The first-order chi connectivity index (χ1) is 6.35. The van der Waals surface area contributed by atoms with Gasteiger partial charge in [-0.3, -0.25) is 0 Å². The van der Waals surface area contributed by atoms with Crippen LogP contribution in [0.3, 0.4) is 0 Å². The second-order valence-corrected chi connectivity index (χ2v) is 3.47. The van der Waals surface area contributed by atoms with Crippen molar-refractivity contribution >= 4 is 22.8 Å². The zero-order chi connectivity index (χ0) is 9.26. The summed E-state index contributed by atoms with van der Waals surface area (Å²) in [6.07, 6.45) is 3.71. The second-order valence-electron chi connectivity index (χ2n) is 2.63. The van der Waals surface area contributed by atoms with E-state index in [0.29, 0.717) is 0 Å². The van der Waals surface area contributed by atoms with E-state index in [2.05, 4.69) is 9.97 Å². The molecule has 0 amide bonds. The van der Waals surface area contributed by atoms with Gasteiger partial charge in [-0.1, -0.05) is 0 Å². The van der Waals surface area contributed by atoms with Crippen molar-refractivity contribution in [3.05, 3.63) is 18.5 Å². The molecule has 0 radical (unpaired) electrons. The van der Waals surface area contributed by atoms with Gasteiger partial charge >= 0.3 is 0 Å². The van der Waals surface area contributed by atoms with E-state index in [4.69, 9.17) is 4.74 Å². The molecule has 2 rings (SSSR count). The molecule has 1 aromatic carbocycles. The average molecular weight is 194 g/mol. The molecule has 0 aliphatic rings. The Morgan fingerprint density at radius 3 is 3.00 bits per heavy atom. The van der Waals surface area contributed by atoms with Gasteiger partial charge in [0.15, 0.2) is 0 Å². The quantitative estimate of drug-likeness (QED) is 0.745. The van der Waals surface area contributed by atoms with E-state index in [1.54, 1.807) is 25.2 Å². The van der Waals surface area contributed by atoms with Gasteiger partial charge in [0.05, 0.1) is 29.4 Å². The second kappa shape index (κ2) is 3.30. The van der Waals surface area contributed by atoms with Crippen molar-refractivity contribution in [2.75, 3.05) is 13.4 Å². The number of benzene rings is 1. The number of imidazole rings is 1. The van der Waals surface area contributed by atoms with Gasteiger partial charge in [-0.25, -0.2) is 4.98 Å².